The zero-order valence-electron chi connectivity index (χ0n) is 18.0. The van der Waals surface area contributed by atoms with Crippen molar-refractivity contribution in [1.82, 2.24) is 19.9 Å². The minimum absolute atomic E-state index is 0.157. The molecule has 0 radical (unpaired) electrons. The molecule has 1 aromatic carbocycles. The number of hydrogen-bond donors (Lipinski definition) is 1. The van der Waals surface area contributed by atoms with Crippen molar-refractivity contribution < 1.29 is 14.1 Å². The summed E-state index contributed by atoms with van der Waals surface area (Å²) in [5, 5.41) is 16.3. The molecule has 1 N–H and O–H groups in total. The second-order valence-corrected chi connectivity index (χ2v) is 8.84. The average Bonchev–Trinajstić information content (AvgIpc) is 3.38. The van der Waals surface area contributed by atoms with Crippen molar-refractivity contribution in [2.75, 3.05) is 18.2 Å². The number of carbonyl (C=O) groups is 1. The molecule has 8 nitrogen and oxygen atoms in total. The van der Waals surface area contributed by atoms with Gasteiger partial charge in [0.15, 0.2) is 16.8 Å². The van der Waals surface area contributed by atoms with Crippen LogP contribution in [-0.2, 0) is 4.79 Å². The van der Waals surface area contributed by atoms with E-state index in [-0.39, 0.29) is 11.7 Å². The van der Waals surface area contributed by atoms with Crippen molar-refractivity contribution in [2.45, 2.75) is 50.7 Å². The molecule has 2 aromatic heterocycles. The van der Waals surface area contributed by atoms with Crippen LogP contribution >= 0.6 is 11.8 Å². The molecule has 3 aromatic rings. The van der Waals surface area contributed by atoms with E-state index in [2.05, 4.69) is 32.2 Å². The van der Waals surface area contributed by atoms with Crippen LogP contribution in [0.1, 0.15) is 44.4 Å². The van der Waals surface area contributed by atoms with Gasteiger partial charge in [-0.2, -0.15) is 0 Å². The van der Waals surface area contributed by atoms with Crippen molar-refractivity contribution in [3.05, 3.63) is 36.1 Å². The van der Waals surface area contributed by atoms with E-state index in [1.54, 1.807) is 20.1 Å². The Bertz CT molecular complexity index is 1030. The summed E-state index contributed by atoms with van der Waals surface area (Å²) in [7, 11) is 1.65. The number of aryl methyl sites for hydroxylation is 1. The zero-order valence-corrected chi connectivity index (χ0v) is 18.8. The lowest BCUT2D eigenvalue weighted by Crippen LogP contribution is -2.23. The first-order valence-corrected chi connectivity index (χ1v) is 11.5. The molecular formula is C22H27N5O3S. The Hall–Kier alpha value is -2.81. The molecule has 1 saturated carbocycles. The highest BCUT2D eigenvalue weighted by atomic mass is 32.2. The Morgan fingerprint density at radius 2 is 2.03 bits per heavy atom. The molecule has 1 aliphatic rings. The van der Waals surface area contributed by atoms with Crippen molar-refractivity contribution in [3.63, 3.8) is 0 Å². The number of hydrogen-bond acceptors (Lipinski definition) is 7. The van der Waals surface area contributed by atoms with Crippen molar-refractivity contribution in [1.29, 1.82) is 0 Å². The van der Waals surface area contributed by atoms with Gasteiger partial charge in [0.2, 0.25) is 5.91 Å². The van der Waals surface area contributed by atoms with Gasteiger partial charge < -0.3 is 14.6 Å². The van der Waals surface area contributed by atoms with E-state index in [9.17, 15) is 4.79 Å². The summed E-state index contributed by atoms with van der Waals surface area (Å²) < 4.78 is 12.5. The molecule has 0 saturated heterocycles. The van der Waals surface area contributed by atoms with Gasteiger partial charge in [-0.15, -0.1) is 10.2 Å². The predicted molar refractivity (Wildman–Crippen MR) is 119 cm³/mol. The summed E-state index contributed by atoms with van der Waals surface area (Å²) in [5.41, 5.74) is 0.987. The standard InChI is InChI=1S/C22H27N5O3S/c1-14-6-4-5-7-18(14)27-21(16-8-10-17(29-3)11-9-16)24-25-22(27)31-13-20(28)23-19-12-15(2)30-26-19/h8-12,14,18H,4-7,13H2,1-3H3,(H,23,26,28)/t14-,18+/m0/s1. The average molecular weight is 442 g/mol. The number of anilines is 1. The Labute approximate surface area is 185 Å². The topological polar surface area (TPSA) is 95.1 Å². The zero-order chi connectivity index (χ0) is 21.8. The number of benzene rings is 1. The monoisotopic (exact) mass is 441 g/mol. The highest BCUT2D eigenvalue weighted by Gasteiger charge is 2.29. The molecule has 2 heterocycles. The highest BCUT2D eigenvalue weighted by molar-refractivity contribution is 7.99. The number of rotatable bonds is 7. The van der Waals surface area contributed by atoms with Crippen LogP contribution in [0.2, 0.25) is 0 Å². The number of nitrogens with zero attached hydrogens (tertiary/aromatic N) is 4. The van der Waals surface area contributed by atoms with Crippen LogP contribution in [0.15, 0.2) is 40.0 Å². The van der Waals surface area contributed by atoms with Gasteiger partial charge in [0, 0.05) is 17.7 Å². The quantitative estimate of drug-likeness (QED) is 0.530. The normalized spacial score (nSPS) is 18.7. The number of ether oxygens (including phenoxy) is 1. The van der Waals surface area contributed by atoms with Crippen LogP contribution in [0.3, 0.4) is 0 Å². The van der Waals surface area contributed by atoms with Gasteiger partial charge in [-0.05, 0) is 49.9 Å². The maximum Gasteiger partial charge on any atom is 0.236 e. The third kappa shape index (κ3) is 4.92. The third-order valence-electron chi connectivity index (χ3n) is 5.64. The second-order valence-electron chi connectivity index (χ2n) is 7.89. The van der Waals surface area contributed by atoms with Gasteiger partial charge in [-0.25, -0.2) is 0 Å². The van der Waals surface area contributed by atoms with Crippen LogP contribution in [0, 0.1) is 12.8 Å². The maximum atomic E-state index is 12.4. The minimum atomic E-state index is -0.157. The number of aromatic nitrogens is 4. The molecule has 0 spiro atoms. The lowest BCUT2D eigenvalue weighted by molar-refractivity contribution is -0.113. The predicted octanol–water partition coefficient (Wildman–Crippen LogP) is 4.73. The number of carbonyl (C=O) groups excluding carboxylic acids is 1. The molecule has 1 aliphatic carbocycles. The lowest BCUT2D eigenvalue weighted by atomic mass is 9.85. The molecule has 164 valence electrons. The Morgan fingerprint density at radius 1 is 1.26 bits per heavy atom. The fourth-order valence-electron chi connectivity index (χ4n) is 4.03. The largest absolute Gasteiger partial charge is 0.497 e. The molecular weight excluding hydrogens is 414 g/mol. The highest BCUT2D eigenvalue weighted by Crippen LogP contribution is 2.39. The van der Waals surface area contributed by atoms with E-state index < -0.39 is 0 Å². The Balaban J connectivity index is 1.57. The molecule has 0 unspecified atom stereocenters. The fourth-order valence-corrected chi connectivity index (χ4v) is 4.82. The summed E-state index contributed by atoms with van der Waals surface area (Å²) in [6.45, 7) is 4.07. The van der Waals surface area contributed by atoms with Gasteiger partial charge in [-0.1, -0.05) is 36.7 Å². The van der Waals surface area contributed by atoms with E-state index in [1.165, 1.54) is 31.0 Å². The molecule has 0 bridgehead atoms. The van der Waals surface area contributed by atoms with Gasteiger partial charge in [-0.3, -0.25) is 9.36 Å². The van der Waals surface area contributed by atoms with Crippen molar-refractivity contribution in [3.8, 4) is 17.1 Å². The number of nitrogens with one attached hydrogen (secondary N) is 1. The fraction of sp³-hybridized carbons (Fsp3) is 0.455. The summed E-state index contributed by atoms with van der Waals surface area (Å²) in [5.74, 6) is 3.28. The SMILES string of the molecule is COc1ccc(-c2nnc(SCC(=O)Nc3cc(C)on3)n2[C@@H]2CCCC[C@@H]2C)cc1. The Kier molecular flexibility index (Phi) is 6.60. The lowest BCUT2D eigenvalue weighted by Gasteiger charge is -2.31. The van der Waals surface area contributed by atoms with Crippen LogP contribution in [-0.4, -0.2) is 38.7 Å². The van der Waals surface area contributed by atoms with Crippen LogP contribution in [0.4, 0.5) is 5.82 Å². The number of methoxy groups -OCH3 is 1. The van der Waals surface area contributed by atoms with Crippen molar-refractivity contribution >= 4 is 23.5 Å². The van der Waals surface area contributed by atoms with Gasteiger partial charge in [0.1, 0.15) is 11.5 Å². The van der Waals surface area contributed by atoms with Gasteiger partial charge >= 0.3 is 0 Å². The van der Waals surface area contributed by atoms with Gasteiger partial charge in [0.25, 0.3) is 0 Å². The molecule has 0 aliphatic heterocycles. The maximum absolute atomic E-state index is 12.4. The first kappa shape index (κ1) is 21.4. The number of amides is 1. The molecule has 2 atom stereocenters. The molecule has 31 heavy (non-hydrogen) atoms. The molecule has 9 heteroatoms. The summed E-state index contributed by atoms with van der Waals surface area (Å²) in [6, 6.07) is 9.86. The first-order chi connectivity index (χ1) is 15.0. The van der Waals surface area contributed by atoms with Crippen LogP contribution in [0.5, 0.6) is 5.75 Å². The summed E-state index contributed by atoms with van der Waals surface area (Å²) in [6.07, 6.45) is 4.70. The molecule has 1 amide bonds. The van der Waals surface area contributed by atoms with Gasteiger partial charge in [0.05, 0.1) is 12.9 Å². The number of thioether (sulfide) groups is 1. The van der Waals surface area contributed by atoms with E-state index in [4.69, 9.17) is 9.26 Å². The third-order valence-corrected chi connectivity index (χ3v) is 6.58. The van der Waals surface area contributed by atoms with E-state index in [1.807, 2.05) is 24.3 Å². The van der Waals surface area contributed by atoms with E-state index >= 15 is 0 Å². The van der Waals surface area contributed by atoms with Crippen LogP contribution in [0.25, 0.3) is 11.4 Å². The van der Waals surface area contributed by atoms with E-state index in [0.717, 1.165) is 28.7 Å². The minimum Gasteiger partial charge on any atom is -0.497 e. The molecule has 4 rings (SSSR count). The first-order valence-electron chi connectivity index (χ1n) is 10.5. The van der Waals surface area contributed by atoms with Crippen LogP contribution < -0.4 is 10.1 Å². The Morgan fingerprint density at radius 3 is 2.71 bits per heavy atom. The summed E-state index contributed by atoms with van der Waals surface area (Å²) in [4.78, 5) is 12.4. The summed E-state index contributed by atoms with van der Waals surface area (Å²) >= 11 is 1.39. The second kappa shape index (κ2) is 9.55. The smallest absolute Gasteiger partial charge is 0.236 e. The van der Waals surface area contributed by atoms with E-state index in [0.29, 0.717) is 23.5 Å². The van der Waals surface area contributed by atoms with Crippen molar-refractivity contribution in [2.24, 2.45) is 5.92 Å². The molecule has 1 fully saturated rings.